The first kappa shape index (κ1) is 13.5. The van der Waals surface area contributed by atoms with Crippen LogP contribution in [0, 0.1) is 19.8 Å². The second-order valence-corrected chi connectivity index (χ2v) is 5.22. The van der Waals surface area contributed by atoms with E-state index in [0.717, 1.165) is 23.4 Å². The maximum Gasteiger partial charge on any atom is 0.0456 e. The summed E-state index contributed by atoms with van der Waals surface area (Å²) < 4.78 is 0. The molecule has 1 rings (SSSR count). The second-order valence-electron chi connectivity index (χ2n) is 4.81. The minimum absolute atomic E-state index is 0.0572. The Hall–Kier alpha value is -0.530. The predicted molar refractivity (Wildman–Crippen MR) is 71.9 cm³/mol. The van der Waals surface area contributed by atoms with Crippen molar-refractivity contribution in [2.75, 3.05) is 0 Å². The third-order valence-corrected chi connectivity index (χ3v) is 3.69. The van der Waals surface area contributed by atoms with Crippen LogP contribution in [-0.4, -0.2) is 0 Å². The van der Waals surface area contributed by atoms with Gasteiger partial charge in [0.05, 0.1) is 0 Å². The summed E-state index contributed by atoms with van der Waals surface area (Å²) in [6.07, 6.45) is 2.16. The highest BCUT2D eigenvalue weighted by atomic mass is 35.5. The van der Waals surface area contributed by atoms with Crippen LogP contribution in [0.15, 0.2) is 12.1 Å². The summed E-state index contributed by atoms with van der Waals surface area (Å²) >= 11 is 6.24. The summed E-state index contributed by atoms with van der Waals surface area (Å²) in [7, 11) is 0. The summed E-state index contributed by atoms with van der Waals surface area (Å²) in [5, 5.41) is 0.805. The quantitative estimate of drug-likeness (QED) is 0.829. The molecule has 0 radical (unpaired) electrons. The van der Waals surface area contributed by atoms with Crippen molar-refractivity contribution in [1.29, 1.82) is 0 Å². The zero-order chi connectivity index (χ0) is 12.3. The van der Waals surface area contributed by atoms with Crippen LogP contribution in [0.1, 0.15) is 49.4 Å². The molecule has 1 aromatic rings. The maximum absolute atomic E-state index is 6.24. The lowest BCUT2D eigenvalue weighted by Crippen LogP contribution is -2.14. The Morgan fingerprint density at radius 1 is 1.25 bits per heavy atom. The summed E-state index contributed by atoms with van der Waals surface area (Å²) in [5.74, 6) is 0.646. The van der Waals surface area contributed by atoms with Gasteiger partial charge in [-0.2, -0.15) is 0 Å². The van der Waals surface area contributed by atoms with E-state index in [9.17, 15) is 0 Å². The largest absolute Gasteiger partial charge is 0.324 e. The van der Waals surface area contributed by atoms with Crippen LogP contribution < -0.4 is 5.73 Å². The number of nitrogens with two attached hydrogens (primary N) is 1. The van der Waals surface area contributed by atoms with Crippen molar-refractivity contribution in [2.24, 2.45) is 11.7 Å². The molecule has 2 atom stereocenters. The molecule has 90 valence electrons. The Kier molecular flexibility index (Phi) is 4.82. The van der Waals surface area contributed by atoms with Gasteiger partial charge < -0.3 is 5.73 Å². The molecule has 1 nitrogen and oxygen atoms in total. The van der Waals surface area contributed by atoms with E-state index in [1.54, 1.807) is 0 Å². The van der Waals surface area contributed by atoms with Gasteiger partial charge in [-0.25, -0.2) is 0 Å². The third kappa shape index (κ3) is 3.23. The normalized spacial score (nSPS) is 14.9. The van der Waals surface area contributed by atoms with E-state index < -0.39 is 0 Å². The van der Waals surface area contributed by atoms with Crippen molar-refractivity contribution in [2.45, 2.75) is 46.6 Å². The third-order valence-electron chi connectivity index (χ3n) is 3.37. The summed E-state index contributed by atoms with van der Waals surface area (Å²) in [4.78, 5) is 0. The van der Waals surface area contributed by atoms with Gasteiger partial charge in [0.2, 0.25) is 0 Å². The van der Waals surface area contributed by atoms with Crippen LogP contribution in [0.4, 0.5) is 0 Å². The molecule has 2 unspecified atom stereocenters. The molecule has 0 saturated heterocycles. The molecule has 1 aromatic carbocycles. The highest BCUT2D eigenvalue weighted by Gasteiger charge is 2.14. The summed E-state index contributed by atoms with van der Waals surface area (Å²) in [6.45, 7) is 8.60. The van der Waals surface area contributed by atoms with E-state index >= 15 is 0 Å². The molecule has 0 spiro atoms. The molecule has 0 fully saturated rings. The van der Waals surface area contributed by atoms with E-state index in [1.165, 1.54) is 11.1 Å². The monoisotopic (exact) mass is 239 g/mol. The van der Waals surface area contributed by atoms with Gasteiger partial charge in [-0.15, -0.1) is 0 Å². The SMILES string of the molecule is CCC(C)CC(N)c1cc(C)c(C)cc1Cl. The highest BCUT2D eigenvalue weighted by molar-refractivity contribution is 6.31. The Balaban J connectivity index is 2.91. The van der Waals surface area contributed by atoms with E-state index in [1.807, 2.05) is 6.07 Å². The van der Waals surface area contributed by atoms with Crippen molar-refractivity contribution in [1.82, 2.24) is 0 Å². The lowest BCUT2D eigenvalue weighted by atomic mass is 9.93. The second kappa shape index (κ2) is 5.70. The fourth-order valence-corrected chi connectivity index (χ4v) is 2.17. The summed E-state index contributed by atoms with van der Waals surface area (Å²) in [6, 6.07) is 4.20. The van der Waals surface area contributed by atoms with Crippen LogP contribution >= 0.6 is 11.6 Å². The van der Waals surface area contributed by atoms with Crippen molar-refractivity contribution in [3.05, 3.63) is 33.8 Å². The zero-order valence-electron chi connectivity index (χ0n) is 10.7. The van der Waals surface area contributed by atoms with E-state index in [4.69, 9.17) is 17.3 Å². The van der Waals surface area contributed by atoms with Gasteiger partial charge in [0.1, 0.15) is 0 Å². The van der Waals surface area contributed by atoms with Crippen LogP contribution in [0.25, 0.3) is 0 Å². The Bertz CT molecular complexity index is 360. The average molecular weight is 240 g/mol. The molecular formula is C14H22ClN. The average Bonchev–Trinajstić information content (AvgIpc) is 2.23. The van der Waals surface area contributed by atoms with Gasteiger partial charge in [0, 0.05) is 11.1 Å². The van der Waals surface area contributed by atoms with E-state index in [2.05, 4.69) is 33.8 Å². The number of halogens is 1. The number of hydrogen-bond donors (Lipinski definition) is 1. The standard InChI is InChI=1S/C14H22ClN/c1-5-9(2)6-14(16)12-7-10(3)11(4)8-13(12)15/h7-9,14H,5-6,16H2,1-4H3. The van der Waals surface area contributed by atoms with Gasteiger partial charge in [0.25, 0.3) is 0 Å². The van der Waals surface area contributed by atoms with Gasteiger partial charge >= 0.3 is 0 Å². The molecule has 16 heavy (non-hydrogen) atoms. The van der Waals surface area contributed by atoms with Crippen LogP contribution in [-0.2, 0) is 0 Å². The molecular weight excluding hydrogens is 218 g/mol. The van der Waals surface area contributed by atoms with Crippen molar-refractivity contribution < 1.29 is 0 Å². The maximum atomic E-state index is 6.24. The van der Waals surface area contributed by atoms with Crippen molar-refractivity contribution in [3.63, 3.8) is 0 Å². The van der Waals surface area contributed by atoms with Gasteiger partial charge in [0.15, 0.2) is 0 Å². The zero-order valence-corrected chi connectivity index (χ0v) is 11.4. The van der Waals surface area contributed by atoms with Crippen LogP contribution in [0.5, 0.6) is 0 Å². The summed E-state index contributed by atoms with van der Waals surface area (Å²) in [5.41, 5.74) is 9.78. The molecule has 0 aliphatic heterocycles. The molecule has 0 bridgehead atoms. The minimum Gasteiger partial charge on any atom is -0.324 e. The number of benzene rings is 1. The highest BCUT2D eigenvalue weighted by Crippen LogP contribution is 2.29. The molecule has 2 heteroatoms. The van der Waals surface area contributed by atoms with Crippen LogP contribution in [0.3, 0.4) is 0 Å². The van der Waals surface area contributed by atoms with Crippen LogP contribution in [0.2, 0.25) is 5.02 Å². The predicted octanol–water partition coefficient (Wildman–Crippen LogP) is 4.39. The fraction of sp³-hybridized carbons (Fsp3) is 0.571. The fourth-order valence-electron chi connectivity index (χ4n) is 1.81. The number of rotatable bonds is 4. The molecule has 0 aromatic heterocycles. The first-order valence-corrected chi connectivity index (χ1v) is 6.35. The lowest BCUT2D eigenvalue weighted by Gasteiger charge is -2.18. The minimum atomic E-state index is 0.0572. The first-order chi connectivity index (χ1) is 7.45. The topological polar surface area (TPSA) is 26.0 Å². The Morgan fingerprint density at radius 2 is 1.81 bits per heavy atom. The lowest BCUT2D eigenvalue weighted by molar-refractivity contribution is 0.461. The Morgan fingerprint density at radius 3 is 2.38 bits per heavy atom. The van der Waals surface area contributed by atoms with E-state index in [-0.39, 0.29) is 6.04 Å². The van der Waals surface area contributed by atoms with Crippen molar-refractivity contribution in [3.8, 4) is 0 Å². The molecule has 0 aliphatic rings. The van der Waals surface area contributed by atoms with Gasteiger partial charge in [-0.3, -0.25) is 0 Å². The number of hydrogen-bond acceptors (Lipinski definition) is 1. The molecule has 0 saturated carbocycles. The molecule has 0 aliphatic carbocycles. The van der Waals surface area contributed by atoms with Crippen molar-refractivity contribution >= 4 is 11.6 Å². The van der Waals surface area contributed by atoms with E-state index in [0.29, 0.717) is 5.92 Å². The first-order valence-electron chi connectivity index (χ1n) is 5.97. The van der Waals surface area contributed by atoms with Gasteiger partial charge in [-0.1, -0.05) is 37.9 Å². The molecule has 0 amide bonds. The smallest absolute Gasteiger partial charge is 0.0456 e. The Labute approximate surface area is 104 Å². The molecule has 0 heterocycles. The molecule has 2 N–H and O–H groups in total. The van der Waals surface area contributed by atoms with Gasteiger partial charge in [-0.05, 0) is 48.9 Å². The number of aryl methyl sites for hydroxylation is 2.